The normalized spacial score (nSPS) is 13.8. The molecule has 2 atom stereocenters. The second kappa shape index (κ2) is 67.8. The fraction of sp³-hybridized carbons (Fsp3) is 0.718. The van der Waals surface area contributed by atoms with E-state index in [1.807, 2.05) is 21.1 Å². The van der Waals surface area contributed by atoms with Gasteiger partial charge in [0, 0.05) is 12.8 Å². The van der Waals surface area contributed by atoms with Gasteiger partial charge in [-0.05, 0) is 109 Å². The molecule has 0 bridgehead atoms. The molecule has 9 nitrogen and oxygen atoms in total. The van der Waals surface area contributed by atoms with Crippen molar-refractivity contribution in [2.45, 2.75) is 315 Å². The maximum Gasteiger partial charge on any atom is 0.472 e. The Bertz CT molecular complexity index is 1900. The minimum absolute atomic E-state index is 0.0267. The molecule has 0 aromatic rings. The first-order valence-electron chi connectivity index (χ1n) is 36.3. The van der Waals surface area contributed by atoms with Gasteiger partial charge in [-0.25, -0.2) is 4.57 Å². The van der Waals surface area contributed by atoms with E-state index in [0.29, 0.717) is 17.4 Å². The third-order valence-corrected chi connectivity index (χ3v) is 16.5. The Labute approximate surface area is 543 Å². The van der Waals surface area contributed by atoms with Gasteiger partial charge in [0.25, 0.3) is 0 Å². The van der Waals surface area contributed by atoms with Gasteiger partial charge in [-0.2, -0.15) is 0 Å². The molecule has 0 rings (SSSR count). The number of hydrogen-bond acceptors (Lipinski definition) is 7. The van der Waals surface area contributed by atoms with Crippen LogP contribution in [-0.4, -0.2) is 74.9 Å². The van der Waals surface area contributed by atoms with Crippen LogP contribution >= 0.6 is 7.82 Å². The van der Waals surface area contributed by atoms with Crippen LogP contribution in [0.2, 0.25) is 0 Å². The molecular weight excluding hydrogens is 1110 g/mol. The molecule has 0 radical (unpaired) electrons. The number of rotatable bonds is 66. The van der Waals surface area contributed by atoms with E-state index in [-0.39, 0.29) is 32.0 Å². The smallest absolute Gasteiger partial charge is 0.462 e. The number of allylic oxidation sites excluding steroid dienone is 20. The minimum Gasteiger partial charge on any atom is -0.462 e. The Hall–Kier alpha value is -3.59. The van der Waals surface area contributed by atoms with Crippen molar-refractivity contribution in [1.29, 1.82) is 0 Å². The highest BCUT2D eigenvalue weighted by atomic mass is 31.2. The third kappa shape index (κ3) is 71.5. The summed E-state index contributed by atoms with van der Waals surface area (Å²) in [6.07, 6.45) is 97.3. The van der Waals surface area contributed by atoms with E-state index in [9.17, 15) is 19.0 Å². The minimum atomic E-state index is -4.40. The number of ether oxygens (including phenoxy) is 2. The zero-order chi connectivity index (χ0) is 64.1. The van der Waals surface area contributed by atoms with E-state index >= 15 is 0 Å². The number of nitrogens with zero attached hydrogens (tertiary/aromatic N) is 1. The standard InChI is InChI=1S/C78H136NO8P/c1-6-8-10-12-14-16-18-20-22-24-26-28-30-32-34-36-37-38-39-40-41-43-45-47-49-51-53-55-57-59-61-63-65-67-69-71-78(81)87-76(75-86-88(82,83)85-73-72-79(3,4)5)74-84-77(80)70-68-66-64-62-60-58-56-54-52-50-48-46-44-42-35-33-31-29-27-25-23-21-19-17-15-13-11-9-7-2/h8,10,14,16,19-22,25-28,32,34,37-38,40-41,45,47,76H,6-7,9,11-13,15,17-18,23-24,29-31,33,35-36,39,42-44,46,48-75H2,1-5H3/p+1/b10-8-,16-14-,21-19-,22-20-,27-25-,28-26-,34-32-,38-37-,41-40-,47-45-. The van der Waals surface area contributed by atoms with Crippen molar-refractivity contribution in [2.75, 3.05) is 47.5 Å². The molecule has 506 valence electrons. The van der Waals surface area contributed by atoms with Gasteiger partial charge in [-0.1, -0.05) is 309 Å². The molecule has 0 spiro atoms. The van der Waals surface area contributed by atoms with Gasteiger partial charge in [0.05, 0.1) is 27.7 Å². The topological polar surface area (TPSA) is 108 Å². The number of unbranched alkanes of at least 4 members (excludes halogenated alkanes) is 32. The predicted molar refractivity (Wildman–Crippen MR) is 381 cm³/mol. The molecule has 10 heteroatoms. The van der Waals surface area contributed by atoms with Gasteiger partial charge in [-0.15, -0.1) is 0 Å². The fourth-order valence-electron chi connectivity index (χ4n) is 9.95. The van der Waals surface area contributed by atoms with Crippen LogP contribution in [0.15, 0.2) is 122 Å². The lowest BCUT2D eigenvalue weighted by atomic mass is 10.0. The predicted octanol–water partition coefficient (Wildman–Crippen LogP) is 23.8. The second-order valence-corrected chi connectivity index (χ2v) is 26.7. The zero-order valence-corrected chi connectivity index (χ0v) is 58.6. The van der Waals surface area contributed by atoms with Gasteiger partial charge in [0.1, 0.15) is 19.8 Å². The first-order valence-corrected chi connectivity index (χ1v) is 37.8. The van der Waals surface area contributed by atoms with Crippen LogP contribution in [0.3, 0.4) is 0 Å². The number of esters is 2. The Morgan fingerprint density at radius 1 is 0.364 bits per heavy atom. The van der Waals surface area contributed by atoms with Gasteiger partial charge in [-0.3, -0.25) is 18.6 Å². The van der Waals surface area contributed by atoms with Crippen LogP contribution in [0.1, 0.15) is 309 Å². The van der Waals surface area contributed by atoms with Crippen LogP contribution in [0.25, 0.3) is 0 Å². The molecule has 0 aliphatic carbocycles. The highest BCUT2D eigenvalue weighted by Crippen LogP contribution is 2.43. The lowest BCUT2D eigenvalue weighted by molar-refractivity contribution is -0.870. The van der Waals surface area contributed by atoms with Gasteiger partial charge < -0.3 is 18.9 Å². The van der Waals surface area contributed by atoms with Crippen LogP contribution in [0.4, 0.5) is 0 Å². The summed E-state index contributed by atoms with van der Waals surface area (Å²) in [5, 5.41) is 0. The van der Waals surface area contributed by atoms with Crippen molar-refractivity contribution < 1.29 is 42.1 Å². The van der Waals surface area contributed by atoms with Crippen molar-refractivity contribution >= 4 is 19.8 Å². The van der Waals surface area contributed by atoms with Crippen molar-refractivity contribution in [1.82, 2.24) is 0 Å². The van der Waals surface area contributed by atoms with E-state index in [1.165, 1.54) is 173 Å². The molecule has 0 aromatic heterocycles. The Morgan fingerprint density at radius 3 is 0.966 bits per heavy atom. The van der Waals surface area contributed by atoms with Crippen molar-refractivity contribution in [3.05, 3.63) is 122 Å². The second-order valence-electron chi connectivity index (χ2n) is 25.2. The van der Waals surface area contributed by atoms with E-state index in [2.05, 4.69) is 135 Å². The molecule has 0 saturated carbocycles. The number of carbonyl (C=O) groups is 2. The Morgan fingerprint density at radius 2 is 0.648 bits per heavy atom. The van der Waals surface area contributed by atoms with Crippen molar-refractivity contribution in [3.63, 3.8) is 0 Å². The summed E-state index contributed by atoms with van der Waals surface area (Å²) < 4.78 is 34.8. The average molecular weight is 1250 g/mol. The van der Waals surface area contributed by atoms with Crippen LogP contribution in [0.5, 0.6) is 0 Å². The summed E-state index contributed by atoms with van der Waals surface area (Å²) in [5.74, 6) is -0.798. The van der Waals surface area contributed by atoms with Gasteiger partial charge in [0.15, 0.2) is 6.10 Å². The maximum absolute atomic E-state index is 12.9. The quantitative estimate of drug-likeness (QED) is 0.0211. The van der Waals surface area contributed by atoms with Gasteiger partial charge >= 0.3 is 19.8 Å². The summed E-state index contributed by atoms with van der Waals surface area (Å²) in [4.78, 5) is 35.9. The van der Waals surface area contributed by atoms with Gasteiger partial charge in [0.2, 0.25) is 0 Å². The van der Waals surface area contributed by atoms with Crippen molar-refractivity contribution in [2.24, 2.45) is 0 Å². The van der Waals surface area contributed by atoms with E-state index in [4.69, 9.17) is 18.5 Å². The highest BCUT2D eigenvalue weighted by Gasteiger charge is 2.27. The van der Waals surface area contributed by atoms with E-state index < -0.39 is 26.5 Å². The number of quaternary nitrogens is 1. The largest absolute Gasteiger partial charge is 0.472 e. The number of phosphoric ester groups is 1. The number of likely N-dealkylation sites (N-methyl/N-ethyl adjacent to an activating group) is 1. The lowest BCUT2D eigenvalue weighted by Crippen LogP contribution is -2.37. The summed E-state index contributed by atoms with van der Waals surface area (Å²) >= 11 is 0. The Kier molecular flexibility index (Phi) is 65.0. The summed E-state index contributed by atoms with van der Waals surface area (Å²) in [5.41, 5.74) is 0. The summed E-state index contributed by atoms with van der Waals surface area (Å²) in [6, 6.07) is 0. The first kappa shape index (κ1) is 84.4. The first-order chi connectivity index (χ1) is 43.0. The van der Waals surface area contributed by atoms with E-state index in [1.54, 1.807) is 0 Å². The average Bonchev–Trinajstić information content (AvgIpc) is 3.57. The molecule has 0 fully saturated rings. The summed E-state index contributed by atoms with van der Waals surface area (Å²) in [6.45, 7) is 4.33. The molecule has 0 amide bonds. The molecule has 0 heterocycles. The molecule has 1 N–H and O–H groups in total. The molecule has 0 aliphatic rings. The molecule has 88 heavy (non-hydrogen) atoms. The molecule has 0 aliphatic heterocycles. The number of phosphoric acid groups is 1. The number of carbonyl (C=O) groups excluding carboxylic acids is 2. The highest BCUT2D eigenvalue weighted by molar-refractivity contribution is 7.47. The maximum atomic E-state index is 12.9. The van der Waals surface area contributed by atoms with Crippen LogP contribution < -0.4 is 0 Å². The zero-order valence-electron chi connectivity index (χ0n) is 57.7. The van der Waals surface area contributed by atoms with Crippen LogP contribution in [0, 0.1) is 0 Å². The summed E-state index contributed by atoms with van der Waals surface area (Å²) in [7, 11) is 1.47. The van der Waals surface area contributed by atoms with Crippen LogP contribution in [-0.2, 0) is 32.7 Å². The number of hydrogen-bond donors (Lipinski definition) is 1. The monoisotopic (exact) mass is 1250 g/mol. The molecular formula is C78H137NO8P+. The fourth-order valence-corrected chi connectivity index (χ4v) is 10.7. The third-order valence-electron chi connectivity index (χ3n) is 15.5. The van der Waals surface area contributed by atoms with Crippen molar-refractivity contribution in [3.8, 4) is 0 Å². The molecule has 2 unspecified atom stereocenters. The lowest BCUT2D eigenvalue weighted by Gasteiger charge is -2.24. The molecule has 0 saturated heterocycles. The van der Waals surface area contributed by atoms with E-state index in [0.717, 1.165) is 103 Å². The molecule has 0 aromatic carbocycles. The Balaban J connectivity index is 4.07. The SMILES string of the molecule is CC/C=C\C/C=C\C/C=C\C/C=C\C/C=C\C/C=C\C/C=C\C/C=C\CCCCCCCCCCCCC(=O)OC(COC(=O)CCCCCCCCCCCCCCCCCCC/C=C\C/C=C\CCCCCCC)COP(=O)(O)OCC[N+](C)(C)C.